The first kappa shape index (κ1) is 12.7. The molecule has 0 aliphatic rings. The highest BCUT2D eigenvalue weighted by atomic mass is 16.5. The topological polar surface area (TPSA) is 38.3 Å². The third-order valence-electron chi connectivity index (χ3n) is 2.70. The summed E-state index contributed by atoms with van der Waals surface area (Å²) in [4.78, 5) is 11.0. The minimum Gasteiger partial charge on any atom is -0.496 e. The van der Waals surface area contributed by atoms with E-state index in [-0.39, 0.29) is 6.04 Å². The Kier molecular flexibility index (Phi) is 4.50. The quantitative estimate of drug-likeness (QED) is 0.775. The fraction of sp³-hybridized carbons (Fsp3) is 0.462. The van der Waals surface area contributed by atoms with Gasteiger partial charge in [-0.3, -0.25) is 0 Å². The van der Waals surface area contributed by atoms with Crippen LogP contribution in [0.25, 0.3) is 0 Å². The average molecular weight is 221 g/mol. The van der Waals surface area contributed by atoms with Gasteiger partial charge >= 0.3 is 0 Å². The summed E-state index contributed by atoms with van der Waals surface area (Å²) < 4.78 is 5.27. The summed E-state index contributed by atoms with van der Waals surface area (Å²) in [6.07, 6.45) is 0.891. The van der Waals surface area contributed by atoms with Crippen molar-refractivity contribution in [2.75, 3.05) is 14.2 Å². The summed E-state index contributed by atoms with van der Waals surface area (Å²) in [6, 6.07) is 5.66. The lowest BCUT2D eigenvalue weighted by molar-refractivity contribution is -0.109. The number of hydrogen-bond acceptors (Lipinski definition) is 3. The van der Waals surface area contributed by atoms with Gasteiger partial charge in [-0.25, -0.2) is 0 Å². The molecule has 0 bridgehead atoms. The molecule has 0 aliphatic heterocycles. The van der Waals surface area contributed by atoms with Crippen molar-refractivity contribution in [2.45, 2.75) is 25.8 Å². The number of ether oxygens (including phenoxy) is 1. The van der Waals surface area contributed by atoms with Gasteiger partial charge < -0.3 is 14.8 Å². The Morgan fingerprint density at radius 1 is 1.38 bits per heavy atom. The molecule has 1 unspecified atom stereocenters. The monoisotopic (exact) mass is 221 g/mol. The molecule has 0 amide bonds. The van der Waals surface area contributed by atoms with Crippen molar-refractivity contribution >= 4 is 6.29 Å². The number of benzene rings is 1. The number of rotatable bonds is 5. The van der Waals surface area contributed by atoms with Gasteiger partial charge in [-0.05, 0) is 30.7 Å². The van der Waals surface area contributed by atoms with Crippen molar-refractivity contribution in [2.24, 2.45) is 0 Å². The lowest BCUT2D eigenvalue weighted by Gasteiger charge is -2.16. The van der Waals surface area contributed by atoms with Gasteiger partial charge in [0.15, 0.2) is 0 Å². The number of carbonyl (C=O) groups is 1. The van der Waals surface area contributed by atoms with E-state index in [4.69, 9.17) is 4.74 Å². The van der Waals surface area contributed by atoms with Gasteiger partial charge in [0, 0.05) is 5.56 Å². The van der Waals surface area contributed by atoms with Gasteiger partial charge in [-0.2, -0.15) is 0 Å². The highest BCUT2D eigenvalue weighted by molar-refractivity contribution is 5.64. The Bertz CT molecular complexity index is 361. The Balaban J connectivity index is 3.20. The van der Waals surface area contributed by atoms with Crippen LogP contribution in [0.5, 0.6) is 5.75 Å². The van der Waals surface area contributed by atoms with Crippen LogP contribution in [0.2, 0.25) is 0 Å². The van der Waals surface area contributed by atoms with E-state index in [0.29, 0.717) is 5.92 Å². The molecule has 1 aromatic carbocycles. The molecule has 1 aromatic rings. The zero-order chi connectivity index (χ0) is 12.1. The molecule has 0 saturated heterocycles. The van der Waals surface area contributed by atoms with Gasteiger partial charge in [-0.1, -0.05) is 19.9 Å². The lowest BCUT2D eigenvalue weighted by Crippen LogP contribution is -2.18. The standard InChI is InChI=1S/C13H19NO2/c1-9(2)10-5-6-13(16-4)11(7-10)12(8-15)14-3/h5-9,12,14H,1-4H3. The molecule has 3 heteroatoms. The molecule has 0 fully saturated rings. The van der Waals surface area contributed by atoms with Crippen LogP contribution in [-0.4, -0.2) is 20.4 Å². The molecule has 1 N–H and O–H groups in total. The van der Waals surface area contributed by atoms with E-state index in [1.807, 2.05) is 18.2 Å². The minimum absolute atomic E-state index is 0.311. The SMILES string of the molecule is CNC(C=O)c1cc(C(C)C)ccc1OC. The van der Waals surface area contributed by atoms with Crippen LogP contribution in [0.15, 0.2) is 18.2 Å². The van der Waals surface area contributed by atoms with E-state index in [2.05, 4.69) is 19.2 Å². The predicted octanol–water partition coefficient (Wildman–Crippen LogP) is 2.28. The molecule has 0 radical (unpaired) electrons. The number of methoxy groups -OCH3 is 1. The van der Waals surface area contributed by atoms with Crippen LogP contribution < -0.4 is 10.1 Å². The summed E-state index contributed by atoms with van der Waals surface area (Å²) in [7, 11) is 3.38. The number of nitrogens with one attached hydrogen (secondary N) is 1. The second-order valence-electron chi connectivity index (χ2n) is 4.06. The molecule has 0 aromatic heterocycles. The summed E-state index contributed by atoms with van der Waals surface area (Å²) in [6.45, 7) is 4.25. The molecule has 0 aliphatic carbocycles. The van der Waals surface area contributed by atoms with Crippen molar-refractivity contribution in [3.05, 3.63) is 29.3 Å². The third kappa shape index (κ3) is 2.61. The summed E-state index contributed by atoms with van der Waals surface area (Å²) in [5.74, 6) is 1.18. The molecule has 1 rings (SSSR count). The summed E-state index contributed by atoms with van der Waals surface area (Å²) in [5, 5.41) is 2.96. The molecule has 16 heavy (non-hydrogen) atoms. The van der Waals surface area contributed by atoms with Crippen LogP contribution in [0.4, 0.5) is 0 Å². The van der Waals surface area contributed by atoms with Gasteiger partial charge in [0.25, 0.3) is 0 Å². The van der Waals surface area contributed by atoms with Crippen molar-refractivity contribution in [3.63, 3.8) is 0 Å². The van der Waals surface area contributed by atoms with Gasteiger partial charge in [0.1, 0.15) is 12.0 Å². The van der Waals surface area contributed by atoms with E-state index < -0.39 is 0 Å². The van der Waals surface area contributed by atoms with E-state index in [1.54, 1.807) is 14.2 Å². The smallest absolute Gasteiger partial charge is 0.141 e. The molecular weight excluding hydrogens is 202 g/mol. The molecule has 0 spiro atoms. The van der Waals surface area contributed by atoms with Gasteiger partial charge in [-0.15, -0.1) is 0 Å². The van der Waals surface area contributed by atoms with Crippen molar-refractivity contribution in [1.82, 2.24) is 5.32 Å². The zero-order valence-electron chi connectivity index (χ0n) is 10.3. The number of hydrogen-bond donors (Lipinski definition) is 1. The maximum absolute atomic E-state index is 11.0. The van der Waals surface area contributed by atoms with Crippen molar-refractivity contribution in [3.8, 4) is 5.75 Å². The van der Waals surface area contributed by atoms with Crippen LogP contribution in [0, 0.1) is 0 Å². The van der Waals surface area contributed by atoms with Crippen LogP contribution in [0.3, 0.4) is 0 Å². The first-order valence-corrected chi connectivity index (χ1v) is 5.44. The largest absolute Gasteiger partial charge is 0.496 e. The fourth-order valence-corrected chi connectivity index (χ4v) is 1.65. The van der Waals surface area contributed by atoms with Crippen molar-refractivity contribution < 1.29 is 9.53 Å². The van der Waals surface area contributed by atoms with E-state index in [9.17, 15) is 4.79 Å². The maximum Gasteiger partial charge on any atom is 0.141 e. The third-order valence-corrected chi connectivity index (χ3v) is 2.70. The zero-order valence-corrected chi connectivity index (χ0v) is 10.3. The summed E-state index contributed by atoms with van der Waals surface area (Å²) in [5.41, 5.74) is 2.10. The van der Waals surface area contributed by atoms with Gasteiger partial charge in [0.2, 0.25) is 0 Å². The lowest BCUT2D eigenvalue weighted by atomic mass is 9.97. The first-order chi connectivity index (χ1) is 7.63. The predicted molar refractivity (Wildman–Crippen MR) is 64.9 cm³/mol. The molecule has 88 valence electrons. The second-order valence-corrected chi connectivity index (χ2v) is 4.06. The number of likely N-dealkylation sites (N-methyl/N-ethyl adjacent to an activating group) is 1. The van der Waals surface area contributed by atoms with Gasteiger partial charge in [0.05, 0.1) is 13.2 Å². The Morgan fingerprint density at radius 2 is 2.06 bits per heavy atom. The average Bonchev–Trinajstić information content (AvgIpc) is 2.30. The van der Waals surface area contributed by atoms with Crippen molar-refractivity contribution in [1.29, 1.82) is 0 Å². The van der Waals surface area contributed by atoms with Crippen LogP contribution in [-0.2, 0) is 4.79 Å². The molecule has 3 nitrogen and oxygen atoms in total. The van der Waals surface area contributed by atoms with E-state index in [0.717, 1.165) is 17.6 Å². The highest BCUT2D eigenvalue weighted by Crippen LogP contribution is 2.28. The van der Waals surface area contributed by atoms with Crippen LogP contribution in [0.1, 0.15) is 36.9 Å². The summed E-state index contributed by atoms with van der Waals surface area (Å²) >= 11 is 0. The normalized spacial score (nSPS) is 12.6. The maximum atomic E-state index is 11.0. The van der Waals surface area contributed by atoms with E-state index in [1.165, 1.54) is 5.56 Å². The Morgan fingerprint density at radius 3 is 2.50 bits per heavy atom. The molecule has 0 heterocycles. The number of aldehydes is 1. The molecule has 1 atom stereocenters. The first-order valence-electron chi connectivity index (χ1n) is 5.44. The second kappa shape index (κ2) is 5.66. The fourth-order valence-electron chi connectivity index (χ4n) is 1.65. The molecular formula is C13H19NO2. The minimum atomic E-state index is -0.311. The number of carbonyl (C=O) groups excluding carboxylic acids is 1. The Hall–Kier alpha value is -1.35. The Labute approximate surface area is 96.8 Å². The molecule has 0 saturated carbocycles. The van der Waals surface area contributed by atoms with E-state index >= 15 is 0 Å². The van der Waals surface area contributed by atoms with Crippen LogP contribution >= 0.6 is 0 Å². The highest BCUT2D eigenvalue weighted by Gasteiger charge is 2.14.